The Morgan fingerprint density at radius 1 is 1.45 bits per heavy atom. The van der Waals surface area contributed by atoms with E-state index in [1.807, 2.05) is 6.92 Å². The Balaban J connectivity index is 3.00. The van der Waals surface area contributed by atoms with Gasteiger partial charge in [-0.15, -0.1) is 0 Å². The van der Waals surface area contributed by atoms with Gasteiger partial charge in [0.25, 0.3) is 0 Å². The number of aryl methyl sites for hydroxylation is 1. The minimum absolute atomic E-state index is 0.0986. The molecule has 1 rings (SSSR count). The van der Waals surface area contributed by atoms with E-state index in [0.717, 1.165) is 18.4 Å². The molecule has 0 aliphatic heterocycles. The third kappa shape index (κ3) is 4.22. The molecule has 0 N–H and O–H groups in total. The molecule has 6 nitrogen and oxygen atoms in total. The second kappa shape index (κ2) is 7.47. The molecule has 1 unspecified atom stereocenters. The number of ether oxygens (including phenoxy) is 2. The molecule has 0 bridgehead atoms. The smallest absolute Gasteiger partial charge is 0.347 e. The van der Waals surface area contributed by atoms with Crippen molar-refractivity contribution in [1.82, 2.24) is 0 Å². The van der Waals surface area contributed by atoms with Crippen LogP contribution in [0.25, 0.3) is 0 Å². The van der Waals surface area contributed by atoms with Crippen LogP contribution in [0.5, 0.6) is 5.75 Å². The number of hydrogen-bond donors (Lipinski definition) is 0. The SMILES string of the molecule is CCCCC(Oc1cc(C)ccc1[N+](=O)[O-])C(=O)OC. The van der Waals surface area contributed by atoms with E-state index in [4.69, 9.17) is 4.74 Å². The van der Waals surface area contributed by atoms with Gasteiger partial charge in [0, 0.05) is 6.07 Å². The van der Waals surface area contributed by atoms with Gasteiger partial charge in [0.1, 0.15) is 0 Å². The lowest BCUT2D eigenvalue weighted by molar-refractivity contribution is -0.386. The number of nitro benzene ring substituents is 1. The van der Waals surface area contributed by atoms with Crippen LogP contribution in [0.15, 0.2) is 18.2 Å². The first-order chi connectivity index (χ1) is 9.49. The van der Waals surface area contributed by atoms with Crippen molar-refractivity contribution in [3.63, 3.8) is 0 Å². The van der Waals surface area contributed by atoms with Crippen molar-refractivity contribution in [2.24, 2.45) is 0 Å². The zero-order valence-electron chi connectivity index (χ0n) is 11.9. The van der Waals surface area contributed by atoms with Crippen LogP contribution in [0.2, 0.25) is 0 Å². The van der Waals surface area contributed by atoms with Crippen LogP contribution in [0, 0.1) is 17.0 Å². The van der Waals surface area contributed by atoms with Crippen molar-refractivity contribution in [3.8, 4) is 5.75 Å². The van der Waals surface area contributed by atoms with Gasteiger partial charge in [-0.3, -0.25) is 10.1 Å². The maximum absolute atomic E-state index is 11.7. The molecule has 6 heteroatoms. The molecule has 0 aliphatic rings. The molecule has 0 radical (unpaired) electrons. The number of unbranched alkanes of at least 4 members (excludes halogenated alkanes) is 1. The first kappa shape index (κ1) is 15.9. The van der Waals surface area contributed by atoms with E-state index in [2.05, 4.69) is 4.74 Å². The average Bonchev–Trinajstić information content (AvgIpc) is 2.42. The van der Waals surface area contributed by atoms with E-state index >= 15 is 0 Å². The van der Waals surface area contributed by atoms with Gasteiger partial charge in [0.2, 0.25) is 0 Å². The summed E-state index contributed by atoms with van der Waals surface area (Å²) in [6.07, 6.45) is 1.32. The molecule has 20 heavy (non-hydrogen) atoms. The number of benzene rings is 1. The summed E-state index contributed by atoms with van der Waals surface area (Å²) in [4.78, 5) is 22.1. The van der Waals surface area contributed by atoms with Gasteiger partial charge in [-0.05, 0) is 31.4 Å². The van der Waals surface area contributed by atoms with Crippen LogP contribution in [-0.4, -0.2) is 24.1 Å². The molecule has 0 saturated carbocycles. The highest BCUT2D eigenvalue weighted by Crippen LogP contribution is 2.29. The van der Waals surface area contributed by atoms with Gasteiger partial charge >= 0.3 is 11.7 Å². The molecular weight excluding hydrogens is 262 g/mol. The highest BCUT2D eigenvalue weighted by Gasteiger charge is 2.24. The summed E-state index contributed by atoms with van der Waals surface area (Å²) in [5.41, 5.74) is 0.672. The molecule has 0 heterocycles. The lowest BCUT2D eigenvalue weighted by Gasteiger charge is -2.16. The summed E-state index contributed by atoms with van der Waals surface area (Å²) in [5, 5.41) is 11.0. The van der Waals surface area contributed by atoms with Crippen LogP contribution in [0.1, 0.15) is 31.7 Å². The van der Waals surface area contributed by atoms with E-state index in [1.165, 1.54) is 13.2 Å². The molecule has 110 valence electrons. The number of nitro groups is 1. The third-order valence-electron chi connectivity index (χ3n) is 2.87. The van der Waals surface area contributed by atoms with E-state index in [1.54, 1.807) is 19.1 Å². The van der Waals surface area contributed by atoms with E-state index in [-0.39, 0.29) is 11.4 Å². The van der Waals surface area contributed by atoms with Crippen molar-refractivity contribution < 1.29 is 19.2 Å². The number of methoxy groups -OCH3 is 1. The minimum Gasteiger partial charge on any atom is -0.472 e. The summed E-state index contributed by atoms with van der Waals surface area (Å²) >= 11 is 0. The Bertz CT molecular complexity index is 486. The first-order valence-electron chi connectivity index (χ1n) is 6.49. The fourth-order valence-electron chi connectivity index (χ4n) is 1.77. The van der Waals surface area contributed by atoms with E-state index < -0.39 is 17.0 Å². The Hall–Kier alpha value is -2.11. The topological polar surface area (TPSA) is 78.7 Å². The van der Waals surface area contributed by atoms with Gasteiger partial charge in [-0.25, -0.2) is 4.79 Å². The van der Waals surface area contributed by atoms with Crippen LogP contribution >= 0.6 is 0 Å². The predicted octanol–water partition coefficient (Wildman–Crippen LogP) is 3.01. The Morgan fingerprint density at radius 3 is 2.70 bits per heavy atom. The lowest BCUT2D eigenvalue weighted by Crippen LogP contribution is -2.28. The van der Waals surface area contributed by atoms with Gasteiger partial charge in [-0.2, -0.15) is 0 Å². The largest absolute Gasteiger partial charge is 0.472 e. The van der Waals surface area contributed by atoms with Gasteiger partial charge in [0.15, 0.2) is 11.9 Å². The fraction of sp³-hybridized carbons (Fsp3) is 0.500. The van der Waals surface area contributed by atoms with Crippen molar-refractivity contribution in [1.29, 1.82) is 0 Å². The monoisotopic (exact) mass is 281 g/mol. The van der Waals surface area contributed by atoms with Crippen LogP contribution < -0.4 is 4.74 Å². The summed E-state index contributed by atoms with van der Waals surface area (Å²) in [6, 6.07) is 4.56. The Kier molecular flexibility index (Phi) is 5.96. The van der Waals surface area contributed by atoms with Crippen LogP contribution in [0.3, 0.4) is 0 Å². The minimum atomic E-state index is -0.819. The molecular formula is C14H19NO5. The van der Waals surface area contributed by atoms with Crippen LogP contribution in [0.4, 0.5) is 5.69 Å². The van der Waals surface area contributed by atoms with E-state index in [9.17, 15) is 14.9 Å². The number of carbonyl (C=O) groups excluding carboxylic acids is 1. The molecule has 0 fully saturated rings. The molecule has 0 saturated heterocycles. The zero-order chi connectivity index (χ0) is 15.1. The number of hydrogen-bond acceptors (Lipinski definition) is 5. The molecule has 1 aromatic rings. The number of esters is 1. The Morgan fingerprint density at radius 2 is 2.15 bits per heavy atom. The maximum atomic E-state index is 11.7. The molecule has 1 atom stereocenters. The fourth-order valence-corrected chi connectivity index (χ4v) is 1.77. The zero-order valence-corrected chi connectivity index (χ0v) is 11.9. The predicted molar refractivity (Wildman–Crippen MR) is 73.8 cm³/mol. The molecule has 1 aromatic carbocycles. The highest BCUT2D eigenvalue weighted by molar-refractivity contribution is 5.75. The molecule has 0 amide bonds. The Labute approximate surface area is 117 Å². The number of rotatable bonds is 7. The van der Waals surface area contributed by atoms with Crippen molar-refractivity contribution in [2.75, 3.05) is 7.11 Å². The van der Waals surface area contributed by atoms with Gasteiger partial charge < -0.3 is 9.47 Å². The quantitative estimate of drug-likeness (QED) is 0.436. The summed E-state index contributed by atoms with van der Waals surface area (Å²) in [6.45, 7) is 3.79. The summed E-state index contributed by atoms with van der Waals surface area (Å²) < 4.78 is 10.2. The number of nitrogens with zero attached hydrogens (tertiary/aromatic N) is 1. The number of carbonyl (C=O) groups is 1. The van der Waals surface area contributed by atoms with Crippen molar-refractivity contribution in [3.05, 3.63) is 33.9 Å². The second-order valence-corrected chi connectivity index (χ2v) is 4.50. The summed E-state index contributed by atoms with van der Waals surface area (Å²) in [5.74, 6) is -0.421. The van der Waals surface area contributed by atoms with Crippen molar-refractivity contribution in [2.45, 2.75) is 39.2 Å². The van der Waals surface area contributed by atoms with Crippen LogP contribution in [-0.2, 0) is 9.53 Å². The standard InChI is InChI=1S/C14H19NO5/c1-4-5-6-12(14(16)19-3)20-13-9-10(2)7-8-11(13)15(17)18/h7-9,12H,4-6H2,1-3H3. The normalized spacial score (nSPS) is 11.8. The highest BCUT2D eigenvalue weighted by atomic mass is 16.6. The molecule has 0 aromatic heterocycles. The third-order valence-corrected chi connectivity index (χ3v) is 2.87. The lowest BCUT2D eigenvalue weighted by atomic mass is 10.1. The summed E-state index contributed by atoms with van der Waals surface area (Å²) in [7, 11) is 1.27. The average molecular weight is 281 g/mol. The maximum Gasteiger partial charge on any atom is 0.347 e. The second-order valence-electron chi connectivity index (χ2n) is 4.50. The van der Waals surface area contributed by atoms with Crippen molar-refractivity contribution >= 4 is 11.7 Å². The van der Waals surface area contributed by atoms with Gasteiger partial charge in [0.05, 0.1) is 12.0 Å². The molecule has 0 aliphatic carbocycles. The first-order valence-corrected chi connectivity index (χ1v) is 6.49. The molecule has 0 spiro atoms. The van der Waals surface area contributed by atoms with E-state index in [0.29, 0.717) is 6.42 Å². The van der Waals surface area contributed by atoms with Gasteiger partial charge in [-0.1, -0.05) is 19.4 Å².